The van der Waals surface area contributed by atoms with Crippen molar-refractivity contribution >= 4 is 44.4 Å². The summed E-state index contributed by atoms with van der Waals surface area (Å²) in [6.07, 6.45) is 2.03. The van der Waals surface area contributed by atoms with E-state index in [0.29, 0.717) is 50.7 Å². The van der Waals surface area contributed by atoms with Crippen molar-refractivity contribution in [2.75, 3.05) is 19.2 Å². The number of thiazole rings is 1. The second-order valence-corrected chi connectivity index (χ2v) is 9.89. The molecule has 0 saturated carbocycles. The second-order valence-electron chi connectivity index (χ2n) is 8.89. The molecule has 0 saturated heterocycles. The molecule has 202 valence electrons. The van der Waals surface area contributed by atoms with E-state index in [1.807, 2.05) is 32.0 Å². The van der Waals surface area contributed by atoms with E-state index in [9.17, 15) is 4.79 Å². The normalized spacial score (nSPS) is 10.9. The van der Waals surface area contributed by atoms with Crippen LogP contribution in [0.4, 0.5) is 14.9 Å². The van der Waals surface area contributed by atoms with E-state index in [0.717, 1.165) is 22.2 Å². The molecule has 40 heavy (non-hydrogen) atoms. The largest absolute Gasteiger partial charge is 0.480 e. The molecule has 3 aromatic carbocycles. The van der Waals surface area contributed by atoms with Gasteiger partial charge in [0.05, 0.1) is 46.2 Å². The van der Waals surface area contributed by atoms with Crippen LogP contribution in [0.2, 0.25) is 0 Å². The number of methoxy groups -OCH3 is 1. The van der Waals surface area contributed by atoms with Gasteiger partial charge in [-0.2, -0.15) is 5.26 Å². The molecule has 0 aliphatic carbocycles. The van der Waals surface area contributed by atoms with E-state index < -0.39 is 18.7 Å². The third-order valence-corrected chi connectivity index (χ3v) is 7.19. The van der Waals surface area contributed by atoms with Gasteiger partial charge in [-0.1, -0.05) is 19.4 Å². The summed E-state index contributed by atoms with van der Waals surface area (Å²) in [6.45, 7) is 3.44. The maximum Gasteiger partial charge on any atom is 0.414 e. The Labute approximate surface area is 233 Å². The Balaban J connectivity index is 1.43. The molecule has 0 spiro atoms. The number of aromatic nitrogens is 3. The number of ether oxygens (including phenoxy) is 3. The topological polar surface area (TPSA) is 119 Å². The number of hydrogen-bond donors (Lipinski definition) is 1. The average molecular weight is 558 g/mol. The molecule has 0 radical (unpaired) electrons. The Morgan fingerprint density at radius 2 is 2.02 bits per heavy atom. The molecule has 0 bridgehead atoms. The van der Waals surface area contributed by atoms with Crippen LogP contribution in [0.5, 0.6) is 11.6 Å². The number of carbonyl (C=O) groups excluding carboxylic acids is 1. The third-order valence-electron chi connectivity index (χ3n) is 6.02. The number of carbonyl (C=O) groups is 1. The Morgan fingerprint density at radius 1 is 1.18 bits per heavy atom. The van der Waals surface area contributed by atoms with Gasteiger partial charge in [-0.25, -0.2) is 24.1 Å². The van der Waals surface area contributed by atoms with Crippen molar-refractivity contribution < 1.29 is 23.4 Å². The molecule has 11 heteroatoms. The van der Waals surface area contributed by atoms with Crippen molar-refractivity contribution in [3.05, 3.63) is 71.2 Å². The molecule has 2 heterocycles. The minimum atomic E-state index is -0.794. The maximum atomic E-state index is 15.3. The molecule has 0 aliphatic rings. The van der Waals surface area contributed by atoms with Crippen LogP contribution in [0.15, 0.2) is 48.7 Å². The molecule has 0 fully saturated rings. The molecule has 1 N–H and O–H groups in total. The molecular formula is C29H24FN5O4S. The number of nitrogens with zero attached hydrogens (tertiary/aromatic N) is 4. The predicted molar refractivity (Wildman–Crippen MR) is 150 cm³/mol. The highest BCUT2D eigenvalue weighted by Crippen LogP contribution is 2.40. The van der Waals surface area contributed by atoms with E-state index in [2.05, 4.69) is 15.3 Å². The number of fused-ring (bicyclic) bond motifs is 2. The van der Waals surface area contributed by atoms with Gasteiger partial charge >= 0.3 is 6.09 Å². The van der Waals surface area contributed by atoms with Gasteiger partial charge in [0.25, 0.3) is 0 Å². The molecule has 0 atom stereocenters. The lowest BCUT2D eigenvalue weighted by molar-refractivity contribution is 0.0655. The monoisotopic (exact) mass is 557 g/mol. The highest BCUT2D eigenvalue weighted by atomic mass is 32.1. The average Bonchev–Trinajstić information content (AvgIpc) is 3.37. The van der Waals surface area contributed by atoms with Crippen LogP contribution in [0.1, 0.15) is 30.0 Å². The van der Waals surface area contributed by atoms with Crippen molar-refractivity contribution in [2.45, 2.75) is 26.7 Å². The van der Waals surface area contributed by atoms with Crippen LogP contribution in [-0.2, 0) is 11.2 Å². The Hall–Kier alpha value is -4.82. The van der Waals surface area contributed by atoms with Gasteiger partial charge in [0.2, 0.25) is 12.7 Å². The standard InChI is InChI=1S/C29H24FN5O4S/c1-4-6-19-26(38-15-39-29(36)33-18-8-5-7-17(11-18)13-31)21(30)12-23-27(19)40-28(35-23)20-9-16(2)10-22-25(20)32-14-24(34-22)37-3/h5,7-12,14H,4,6,15H2,1-3H3,(H,33,36). The van der Waals surface area contributed by atoms with E-state index in [1.165, 1.54) is 30.6 Å². The number of anilines is 1. The zero-order valence-electron chi connectivity index (χ0n) is 21.9. The Bertz CT molecular complexity index is 1780. The van der Waals surface area contributed by atoms with Gasteiger partial charge in [0.1, 0.15) is 5.01 Å². The van der Waals surface area contributed by atoms with Crippen LogP contribution in [0, 0.1) is 24.1 Å². The van der Waals surface area contributed by atoms with Crippen molar-refractivity contribution in [3.8, 4) is 28.3 Å². The lowest BCUT2D eigenvalue weighted by Crippen LogP contribution is -2.17. The number of rotatable bonds is 8. The lowest BCUT2D eigenvalue weighted by Gasteiger charge is -2.13. The summed E-state index contributed by atoms with van der Waals surface area (Å²) in [5, 5.41) is 12.2. The van der Waals surface area contributed by atoms with Gasteiger partial charge in [-0.05, 0) is 49.2 Å². The summed E-state index contributed by atoms with van der Waals surface area (Å²) in [5.41, 5.74) is 5.04. The van der Waals surface area contributed by atoms with Gasteiger partial charge in [-0.15, -0.1) is 11.3 Å². The highest BCUT2D eigenvalue weighted by molar-refractivity contribution is 7.22. The molecule has 0 aliphatic heterocycles. The van der Waals surface area contributed by atoms with Crippen LogP contribution in [0.3, 0.4) is 0 Å². The summed E-state index contributed by atoms with van der Waals surface area (Å²) >= 11 is 1.42. The van der Waals surface area contributed by atoms with Crippen molar-refractivity contribution in [1.29, 1.82) is 5.26 Å². The van der Waals surface area contributed by atoms with Gasteiger partial charge in [0.15, 0.2) is 11.6 Å². The second kappa shape index (κ2) is 11.5. The third kappa shape index (κ3) is 5.48. The fourth-order valence-corrected chi connectivity index (χ4v) is 5.43. The minimum absolute atomic E-state index is 0.0162. The van der Waals surface area contributed by atoms with Gasteiger partial charge in [0, 0.05) is 22.9 Å². The van der Waals surface area contributed by atoms with E-state index in [4.69, 9.17) is 24.5 Å². The minimum Gasteiger partial charge on any atom is -0.480 e. The van der Waals surface area contributed by atoms with Gasteiger partial charge < -0.3 is 14.2 Å². The molecule has 5 rings (SSSR count). The summed E-state index contributed by atoms with van der Waals surface area (Å²) in [6, 6.07) is 13.6. The first kappa shape index (κ1) is 26.8. The molecule has 9 nitrogen and oxygen atoms in total. The van der Waals surface area contributed by atoms with Crippen LogP contribution < -0.4 is 14.8 Å². The lowest BCUT2D eigenvalue weighted by atomic mass is 10.1. The summed E-state index contributed by atoms with van der Waals surface area (Å²) in [4.78, 5) is 26.0. The summed E-state index contributed by atoms with van der Waals surface area (Å²) in [7, 11) is 1.54. The number of amides is 1. The first-order chi connectivity index (χ1) is 19.4. The Kier molecular flexibility index (Phi) is 7.70. The molecule has 1 amide bonds. The fraction of sp³-hybridized carbons (Fsp3) is 0.207. The number of nitriles is 1. The fourth-order valence-electron chi connectivity index (χ4n) is 4.30. The van der Waals surface area contributed by atoms with Crippen molar-refractivity contribution in [3.63, 3.8) is 0 Å². The highest BCUT2D eigenvalue weighted by Gasteiger charge is 2.21. The zero-order chi connectivity index (χ0) is 28.2. The maximum absolute atomic E-state index is 15.3. The van der Waals surface area contributed by atoms with Crippen molar-refractivity contribution in [2.24, 2.45) is 0 Å². The van der Waals surface area contributed by atoms with Crippen LogP contribution in [0.25, 0.3) is 31.8 Å². The van der Waals surface area contributed by atoms with Crippen molar-refractivity contribution in [1.82, 2.24) is 15.0 Å². The number of benzene rings is 3. The van der Waals surface area contributed by atoms with E-state index >= 15 is 4.39 Å². The SMILES string of the molecule is CCCc1c(OCOC(=O)Nc2cccc(C#N)c2)c(F)cc2nc(-c3cc(C)cc4nc(OC)cnc34)sc12. The first-order valence-corrected chi connectivity index (χ1v) is 13.2. The number of halogens is 1. The number of hydrogen-bond acceptors (Lipinski definition) is 9. The van der Waals surface area contributed by atoms with Crippen LogP contribution in [-0.4, -0.2) is 34.9 Å². The smallest absolute Gasteiger partial charge is 0.414 e. The van der Waals surface area contributed by atoms with E-state index in [-0.39, 0.29) is 5.75 Å². The van der Waals surface area contributed by atoms with E-state index in [1.54, 1.807) is 24.4 Å². The Morgan fingerprint density at radius 3 is 2.80 bits per heavy atom. The molecule has 0 unspecified atom stereocenters. The van der Waals surface area contributed by atoms with Crippen LogP contribution >= 0.6 is 11.3 Å². The summed E-state index contributed by atoms with van der Waals surface area (Å²) in [5.74, 6) is -0.173. The molecule has 2 aromatic heterocycles. The predicted octanol–water partition coefficient (Wildman–Crippen LogP) is 6.77. The quantitative estimate of drug-likeness (QED) is 0.208. The molecule has 5 aromatic rings. The summed E-state index contributed by atoms with van der Waals surface area (Å²) < 4.78 is 32.1. The van der Waals surface area contributed by atoms with Gasteiger partial charge in [-0.3, -0.25) is 5.32 Å². The number of nitrogens with one attached hydrogen (secondary N) is 1. The molecular weight excluding hydrogens is 533 g/mol. The first-order valence-electron chi connectivity index (χ1n) is 12.4. The zero-order valence-corrected chi connectivity index (χ0v) is 22.8. The number of aryl methyl sites for hydroxylation is 2.